The number of rotatable bonds is 6. The van der Waals surface area contributed by atoms with Gasteiger partial charge >= 0.3 is 5.97 Å². The summed E-state index contributed by atoms with van der Waals surface area (Å²) < 4.78 is 0. The summed E-state index contributed by atoms with van der Waals surface area (Å²) in [5.74, 6) is -1.86. The molecule has 0 aromatic carbocycles. The van der Waals surface area contributed by atoms with Gasteiger partial charge in [0.2, 0.25) is 5.91 Å². The van der Waals surface area contributed by atoms with Crippen molar-refractivity contribution < 1.29 is 24.3 Å². The molecule has 23 heavy (non-hydrogen) atoms. The molecule has 1 aliphatic heterocycles. The van der Waals surface area contributed by atoms with Gasteiger partial charge in [-0.25, -0.2) is 0 Å². The Labute approximate surface area is 133 Å². The molecule has 0 spiro atoms. The molecule has 1 atom stereocenters. The lowest BCUT2D eigenvalue weighted by Crippen LogP contribution is -2.45. The van der Waals surface area contributed by atoms with Crippen LogP contribution < -0.4 is 11.1 Å². The maximum absolute atomic E-state index is 12.0. The number of nitrogens with two attached hydrogens (primary N) is 1. The van der Waals surface area contributed by atoms with Gasteiger partial charge in [0.05, 0.1) is 0 Å². The zero-order valence-corrected chi connectivity index (χ0v) is 12.7. The van der Waals surface area contributed by atoms with Crippen molar-refractivity contribution >= 4 is 23.7 Å². The highest BCUT2D eigenvalue weighted by Gasteiger charge is 2.31. The van der Waals surface area contributed by atoms with Crippen molar-refractivity contribution in [1.29, 1.82) is 0 Å². The highest BCUT2D eigenvalue weighted by Crippen LogP contribution is 2.30. The Hall–Kier alpha value is -2.22. The Morgan fingerprint density at radius 2 is 1.78 bits per heavy atom. The van der Waals surface area contributed by atoms with Gasteiger partial charge in [0, 0.05) is 31.2 Å². The molecule has 1 heterocycles. The molecule has 126 valence electrons. The molecule has 0 aromatic heterocycles. The second-order valence-electron chi connectivity index (χ2n) is 6.03. The van der Waals surface area contributed by atoms with E-state index in [-0.39, 0.29) is 36.1 Å². The molecule has 8 nitrogen and oxygen atoms in total. The van der Waals surface area contributed by atoms with Gasteiger partial charge in [-0.15, -0.1) is 0 Å². The molecule has 3 amide bonds. The number of carbonyl (C=O) groups is 4. The first-order chi connectivity index (χ1) is 10.9. The van der Waals surface area contributed by atoms with E-state index in [4.69, 9.17) is 10.8 Å². The van der Waals surface area contributed by atoms with Crippen molar-refractivity contribution in [3.8, 4) is 0 Å². The smallest absolute Gasteiger partial charge is 0.322 e. The van der Waals surface area contributed by atoms with E-state index in [9.17, 15) is 19.2 Å². The fourth-order valence-corrected chi connectivity index (χ4v) is 2.92. The number of hydrogen-bond donors (Lipinski definition) is 3. The van der Waals surface area contributed by atoms with E-state index in [0.717, 1.165) is 12.8 Å². The quantitative estimate of drug-likeness (QED) is 0.551. The fraction of sp³-hybridized carbons (Fsp3) is 0.600. The molecule has 8 heteroatoms. The Morgan fingerprint density at radius 3 is 2.30 bits per heavy atom. The van der Waals surface area contributed by atoms with Crippen molar-refractivity contribution in [2.45, 2.75) is 31.7 Å². The van der Waals surface area contributed by atoms with Crippen LogP contribution in [0.5, 0.6) is 0 Å². The van der Waals surface area contributed by atoms with E-state index in [1.165, 1.54) is 17.1 Å². The number of carbonyl (C=O) groups excluding carboxylic acids is 3. The van der Waals surface area contributed by atoms with Crippen LogP contribution in [0.3, 0.4) is 0 Å². The van der Waals surface area contributed by atoms with Gasteiger partial charge in [-0.3, -0.25) is 24.1 Å². The van der Waals surface area contributed by atoms with E-state index in [1.807, 2.05) is 0 Å². The molecular formula is C15H21N3O5. The van der Waals surface area contributed by atoms with E-state index in [1.54, 1.807) is 0 Å². The standard InChI is InChI=1S/C15H21N3O5/c16-11(15(22)23)7-17-14(21)10-3-1-9(2-4-10)8-18-12(19)5-6-13(18)20/h5-6,9-11H,1-4,7-8,16H2,(H,17,21)(H,22,23). The number of nitrogens with one attached hydrogen (secondary N) is 1. The molecule has 1 aliphatic carbocycles. The first-order valence-electron chi connectivity index (χ1n) is 7.68. The zero-order chi connectivity index (χ0) is 17.0. The van der Waals surface area contributed by atoms with Gasteiger partial charge < -0.3 is 16.2 Å². The van der Waals surface area contributed by atoms with Gasteiger partial charge in [-0.2, -0.15) is 0 Å². The fourth-order valence-electron chi connectivity index (χ4n) is 2.92. The first kappa shape index (κ1) is 17.1. The summed E-state index contributed by atoms with van der Waals surface area (Å²) in [6.07, 6.45) is 5.35. The molecule has 1 fully saturated rings. The number of hydrogen-bond acceptors (Lipinski definition) is 5. The van der Waals surface area contributed by atoms with Crippen LogP contribution in [0.25, 0.3) is 0 Å². The average Bonchev–Trinajstić information content (AvgIpc) is 2.84. The van der Waals surface area contributed by atoms with Crippen LogP contribution in [0.1, 0.15) is 25.7 Å². The lowest BCUT2D eigenvalue weighted by atomic mass is 9.81. The van der Waals surface area contributed by atoms with E-state index >= 15 is 0 Å². The van der Waals surface area contributed by atoms with Crippen LogP contribution in [0.15, 0.2) is 12.2 Å². The molecule has 1 unspecified atom stereocenters. The zero-order valence-electron chi connectivity index (χ0n) is 12.7. The number of aliphatic carboxylic acids is 1. The van der Waals surface area contributed by atoms with Crippen LogP contribution in [0, 0.1) is 11.8 Å². The Balaban J connectivity index is 1.73. The summed E-state index contributed by atoms with van der Waals surface area (Å²) in [7, 11) is 0. The normalized spacial score (nSPS) is 25.5. The van der Waals surface area contributed by atoms with Gasteiger partial charge in [-0.05, 0) is 31.6 Å². The van der Waals surface area contributed by atoms with Crippen molar-refractivity contribution in [2.24, 2.45) is 17.6 Å². The Morgan fingerprint density at radius 1 is 1.22 bits per heavy atom. The summed E-state index contributed by atoms with van der Waals surface area (Å²) >= 11 is 0. The van der Waals surface area contributed by atoms with Crippen LogP contribution >= 0.6 is 0 Å². The predicted octanol–water partition coefficient (Wildman–Crippen LogP) is -0.754. The van der Waals surface area contributed by atoms with Crippen molar-refractivity contribution in [1.82, 2.24) is 10.2 Å². The number of carboxylic acids is 1. The lowest BCUT2D eigenvalue weighted by molar-refractivity contribution is -0.140. The van der Waals surface area contributed by atoms with Crippen molar-refractivity contribution in [3.05, 3.63) is 12.2 Å². The maximum Gasteiger partial charge on any atom is 0.322 e. The number of carboxylic acid groups (broad SMARTS) is 1. The molecule has 2 rings (SSSR count). The monoisotopic (exact) mass is 323 g/mol. The summed E-state index contributed by atoms with van der Waals surface area (Å²) in [4.78, 5) is 46.9. The summed E-state index contributed by atoms with van der Waals surface area (Å²) in [6, 6.07) is -1.10. The van der Waals surface area contributed by atoms with Gasteiger partial charge in [0.15, 0.2) is 0 Å². The third kappa shape index (κ3) is 4.38. The van der Waals surface area contributed by atoms with Crippen LogP contribution in [-0.2, 0) is 19.2 Å². The largest absolute Gasteiger partial charge is 0.480 e. The molecule has 1 saturated carbocycles. The Bertz CT molecular complexity index is 519. The number of nitrogens with zero attached hydrogens (tertiary/aromatic N) is 1. The molecule has 2 aliphatic rings. The minimum Gasteiger partial charge on any atom is -0.480 e. The number of amides is 3. The van der Waals surface area contributed by atoms with Gasteiger partial charge in [0.25, 0.3) is 11.8 Å². The molecule has 0 saturated heterocycles. The minimum absolute atomic E-state index is 0.0868. The average molecular weight is 323 g/mol. The molecule has 0 radical (unpaired) electrons. The maximum atomic E-state index is 12.0. The predicted molar refractivity (Wildman–Crippen MR) is 79.9 cm³/mol. The van der Waals surface area contributed by atoms with Crippen molar-refractivity contribution in [3.63, 3.8) is 0 Å². The third-order valence-corrected chi connectivity index (χ3v) is 4.37. The van der Waals surface area contributed by atoms with Crippen LogP contribution in [-0.4, -0.2) is 52.8 Å². The summed E-state index contributed by atoms with van der Waals surface area (Å²) in [5, 5.41) is 11.2. The van der Waals surface area contributed by atoms with Gasteiger partial charge in [0.1, 0.15) is 6.04 Å². The highest BCUT2D eigenvalue weighted by molar-refractivity contribution is 6.12. The number of imide groups is 1. The third-order valence-electron chi connectivity index (χ3n) is 4.37. The second kappa shape index (κ2) is 7.36. The van der Waals surface area contributed by atoms with Crippen LogP contribution in [0.2, 0.25) is 0 Å². The first-order valence-corrected chi connectivity index (χ1v) is 7.68. The molecule has 0 aromatic rings. The molecule has 4 N–H and O–H groups in total. The topological polar surface area (TPSA) is 130 Å². The van der Waals surface area contributed by atoms with E-state index < -0.39 is 12.0 Å². The highest BCUT2D eigenvalue weighted by atomic mass is 16.4. The second-order valence-corrected chi connectivity index (χ2v) is 6.03. The minimum atomic E-state index is -1.15. The van der Waals surface area contributed by atoms with E-state index in [0.29, 0.717) is 19.4 Å². The van der Waals surface area contributed by atoms with Crippen molar-refractivity contribution in [2.75, 3.05) is 13.1 Å². The van der Waals surface area contributed by atoms with Gasteiger partial charge in [-0.1, -0.05) is 0 Å². The summed E-state index contributed by atoms with van der Waals surface area (Å²) in [5.41, 5.74) is 5.34. The molecule has 0 bridgehead atoms. The Kier molecular flexibility index (Phi) is 5.49. The van der Waals surface area contributed by atoms with Crippen LogP contribution in [0.4, 0.5) is 0 Å². The SMILES string of the molecule is NC(CNC(=O)C1CCC(CN2C(=O)C=CC2=O)CC1)C(=O)O. The molecular weight excluding hydrogens is 302 g/mol. The lowest BCUT2D eigenvalue weighted by Gasteiger charge is -2.30. The summed E-state index contributed by atoms with van der Waals surface area (Å²) in [6.45, 7) is 0.305. The van der Waals surface area contributed by atoms with E-state index in [2.05, 4.69) is 5.32 Å².